The summed E-state index contributed by atoms with van der Waals surface area (Å²) in [6.07, 6.45) is 3.91. The largest absolute Gasteiger partial charge is 0.366 e. The average Bonchev–Trinajstić information content (AvgIpc) is 2.37. The topological polar surface area (TPSA) is 53.1 Å². The predicted octanol–water partition coefficient (Wildman–Crippen LogP) is 2.81. The molecule has 0 aliphatic carbocycles. The minimum Gasteiger partial charge on any atom is -0.366 e. The van der Waals surface area contributed by atoms with Gasteiger partial charge in [0.15, 0.2) is 0 Å². The zero-order chi connectivity index (χ0) is 14.3. The van der Waals surface area contributed by atoms with Crippen LogP contribution >= 0.6 is 15.9 Å². The number of halogens is 1. The van der Waals surface area contributed by atoms with Crippen LogP contribution in [0.15, 0.2) is 10.7 Å². The molecule has 1 aromatic rings. The molecule has 1 atom stereocenters. The SMILES string of the molecule is CCCNc1ncc(Br)c(NC(C)CCN(C)C)n1. The van der Waals surface area contributed by atoms with E-state index in [-0.39, 0.29) is 0 Å². The quantitative estimate of drug-likeness (QED) is 0.768. The van der Waals surface area contributed by atoms with Crippen molar-refractivity contribution in [3.8, 4) is 0 Å². The molecule has 0 radical (unpaired) electrons. The minimum absolute atomic E-state index is 0.368. The Morgan fingerprint density at radius 1 is 1.42 bits per heavy atom. The lowest BCUT2D eigenvalue weighted by Crippen LogP contribution is -2.23. The molecule has 1 aromatic heterocycles. The Labute approximate surface area is 124 Å². The van der Waals surface area contributed by atoms with Crippen LogP contribution in [-0.4, -0.2) is 48.1 Å². The molecule has 2 N–H and O–H groups in total. The van der Waals surface area contributed by atoms with Gasteiger partial charge in [0.25, 0.3) is 0 Å². The molecule has 0 aromatic carbocycles. The van der Waals surface area contributed by atoms with E-state index in [9.17, 15) is 0 Å². The van der Waals surface area contributed by atoms with Gasteiger partial charge in [0.05, 0.1) is 4.47 Å². The molecule has 0 fully saturated rings. The lowest BCUT2D eigenvalue weighted by Gasteiger charge is -2.18. The van der Waals surface area contributed by atoms with Crippen molar-refractivity contribution in [3.05, 3.63) is 10.7 Å². The highest BCUT2D eigenvalue weighted by Crippen LogP contribution is 2.21. The average molecular weight is 330 g/mol. The molecule has 1 unspecified atom stereocenters. The number of nitrogens with zero attached hydrogens (tertiary/aromatic N) is 3. The van der Waals surface area contributed by atoms with Gasteiger partial charge >= 0.3 is 0 Å². The van der Waals surface area contributed by atoms with Gasteiger partial charge in [-0.1, -0.05) is 6.92 Å². The molecule has 108 valence electrons. The summed E-state index contributed by atoms with van der Waals surface area (Å²) in [5.74, 6) is 1.52. The summed E-state index contributed by atoms with van der Waals surface area (Å²) in [6.45, 7) is 6.22. The molecular weight excluding hydrogens is 306 g/mol. The number of nitrogens with one attached hydrogen (secondary N) is 2. The van der Waals surface area contributed by atoms with Gasteiger partial charge in [0, 0.05) is 18.8 Å². The van der Waals surface area contributed by atoms with Gasteiger partial charge in [0.2, 0.25) is 5.95 Å². The van der Waals surface area contributed by atoms with Crippen LogP contribution in [0.1, 0.15) is 26.7 Å². The Kier molecular flexibility index (Phi) is 7.09. The number of hydrogen-bond donors (Lipinski definition) is 2. The van der Waals surface area contributed by atoms with Crippen molar-refractivity contribution in [2.75, 3.05) is 37.8 Å². The second-order valence-electron chi connectivity index (χ2n) is 4.95. The van der Waals surface area contributed by atoms with Crippen LogP contribution in [0.4, 0.5) is 11.8 Å². The molecule has 5 nitrogen and oxygen atoms in total. The van der Waals surface area contributed by atoms with E-state index >= 15 is 0 Å². The maximum Gasteiger partial charge on any atom is 0.224 e. The summed E-state index contributed by atoms with van der Waals surface area (Å²) in [5.41, 5.74) is 0. The van der Waals surface area contributed by atoms with Gasteiger partial charge in [-0.15, -0.1) is 0 Å². The highest BCUT2D eigenvalue weighted by molar-refractivity contribution is 9.10. The van der Waals surface area contributed by atoms with Gasteiger partial charge in [-0.2, -0.15) is 4.98 Å². The summed E-state index contributed by atoms with van der Waals surface area (Å²) >= 11 is 3.48. The third-order valence-corrected chi connectivity index (χ3v) is 3.25. The number of anilines is 2. The molecule has 0 aliphatic rings. The van der Waals surface area contributed by atoms with Crippen molar-refractivity contribution in [1.82, 2.24) is 14.9 Å². The highest BCUT2D eigenvalue weighted by Gasteiger charge is 2.08. The van der Waals surface area contributed by atoms with Crippen molar-refractivity contribution in [2.45, 2.75) is 32.7 Å². The van der Waals surface area contributed by atoms with Crippen molar-refractivity contribution in [2.24, 2.45) is 0 Å². The molecule has 0 aliphatic heterocycles. The Hall–Kier alpha value is -0.880. The van der Waals surface area contributed by atoms with Crippen LogP contribution in [0.5, 0.6) is 0 Å². The Morgan fingerprint density at radius 3 is 2.79 bits per heavy atom. The maximum absolute atomic E-state index is 4.48. The molecular formula is C13H24BrN5. The number of aromatic nitrogens is 2. The minimum atomic E-state index is 0.368. The van der Waals surface area contributed by atoms with E-state index in [1.54, 1.807) is 6.20 Å². The molecule has 0 bridgehead atoms. The van der Waals surface area contributed by atoms with Crippen LogP contribution in [0, 0.1) is 0 Å². The fourth-order valence-electron chi connectivity index (χ4n) is 1.55. The van der Waals surface area contributed by atoms with Gasteiger partial charge in [0.1, 0.15) is 5.82 Å². The fourth-order valence-corrected chi connectivity index (χ4v) is 1.85. The normalized spacial score (nSPS) is 12.5. The Balaban J connectivity index is 2.60. The molecule has 0 spiro atoms. The molecule has 19 heavy (non-hydrogen) atoms. The standard InChI is InChI=1S/C13H24BrN5/c1-5-7-15-13-16-9-11(14)12(18-13)17-10(2)6-8-19(3)4/h9-10H,5-8H2,1-4H3,(H2,15,16,17,18). The van der Waals surface area contributed by atoms with Crippen molar-refractivity contribution < 1.29 is 0 Å². The van der Waals surface area contributed by atoms with Gasteiger partial charge in [-0.05, 0) is 56.3 Å². The highest BCUT2D eigenvalue weighted by atomic mass is 79.9. The van der Waals surface area contributed by atoms with E-state index < -0.39 is 0 Å². The zero-order valence-corrected chi connectivity index (χ0v) is 13.8. The van der Waals surface area contributed by atoms with E-state index in [1.165, 1.54) is 0 Å². The Bertz CT molecular complexity index is 383. The van der Waals surface area contributed by atoms with Crippen LogP contribution in [-0.2, 0) is 0 Å². The molecule has 0 saturated carbocycles. The summed E-state index contributed by atoms with van der Waals surface area (Å²) in [6, 6.07) is 0.368. The first kappa shape index (κ1) is 16.2. The van der Waals surface area contributed by atoms with Crippen LogP contribution in [0.2, 0.25) is 0 Å². The van der Waals surface area contributed by atoms with E-state index in [2.05, 4.69) is 69.4 Å². The smallest absolute Gasteiger partial charge is 0.224 e. The Morgan fingerprint density at radius 2 is 2.16 bits per heavy atom. The summed E-state index contributed by atoms with van der Waals surface area (Å²) in [5, 5.41) is 6.61. The lowest BCUT2D eigenvalue weighted by molar-refractivity contribution is 0.390. The van der Waals surface area contributed by atoms with Crippen molar-refractivity contribution in [3.63, 3.8) is 0 Å². The predicted molar refractivity (Wildman–Crippen MR) is 84.8 cm³/mol. The maximum atomic E-state index is 4.48. The lowest BCUT2D eigenvalue weighted by atomic mass is 10.2. The zero-order valence-electron chi connectivity index (χ0n) is 12.2. The first-order valence-electron chi connectivity index (χ1n) is 6.70. The number of rotatable bonds is 8. The second-order valence-corrected chi connectivity index (χ2v) is 5.81. The van der Waals surface area contributed by atoms with Crippen LogP contribution in [0.3, 0.4) is 0 Å². The summed E-state index contributed by atoms with van der Waals surface area (Å²) < 4.78 is 0.895. The first-order chi connectivity index (χ1) is 9.02. The van der Waals surface area contributed by atoms with Crippen LogP contribution in [0.25, 0.3) is 0 Å². The van der Waals surface area contributed by atoms with E-state index in [1.807, 2.05) is 0 Å². The monoisotopic (exact) mass is 329 g/mol. The van der Waals surface area contributed by atoms with Crippen LogP contribution < -0.4 is 10.6 Å². The van der Waals surface area contributed by atoms with Gasteiger partial charge in [-0.3, -0.25) is 0 Å². The van der Waals surface area contributed by atoms with Crippen molar-refractivity contribution >= 4 is 27.7 Å². The van der Waals surface area contributed by atoms with Crippen molar-refractivity contribution in [1.29, 1.82) is 0 Å². The number of hydrogen-bond acceptors (Lipinski definition) is 5. The van der Waals surface area contributed by atoms with E-state index in [0.29, 0.717) is 12.0 Å². The third kappa shape index (κ3) is 6.20. The fraction of sp³-hybridized carbons (Fsp3) is 0.692. The molecule has 0 saturated heterocycles. The van der Waals surface area contributed by atoms with E-state index in [4.69, 9.17) is 0 Å². The van der Waals surface area contributed by atoms with E-state index in [0.717, 1.165) is 36.2 Å². The summed E-state index contributed by atoms with van der Waals surface area (Å²) in [7, 11) is 4.17. The molecule has 0 amide bonds. The second kappa shape index (κ2) is 8.32. The first-order valence-corrected chi connectivity index (χ1v) is 7.50. The molecule has 1 heterocycles. The third-order valence-electron chi connectivity index (χ3n) is 2.67. The molecule has 6 heteroatoms. The molecule has 1 rings (SSSR count). The van der Waals surface area contributed by atoms with Gasteiger partial charge < -0.3 is 15.5 Å². The summed E-state index contributed by atoms with van der Waals surface area (Å²) in [4.78, 5) is 10.9. The van der Waals surface area contributed by atoms with Gasteiger partial charge in [-0.25, -0.2) is 4.98 Å².